The molecule has 0 bridgehead atoms. The van der Waals surface area contributed by atoms with Crippen molar-refractivity contribution in [3.8, 4) is 0 Å². The number of ketones is 1. The predicted octanol–water partition coefficient (Wildman–Crippen LogP) is 3.79. The first-order valence-corrected chi connectivity index (χ1v) is 19.8. The number of sulfone groups is 1. The summed E-state index contributed by atoms with van der Waals surface area (Å²) in [4.78, 5) is 68.0. The highest BCUT2D eigenvalue weighted by Gasteiger charge is 2.50. The lowest BCUT2D eigenvalue weighted by atomic mass is 9.83. The van der Waals surface area contributed by atoms with E-state index in [0.717, 1.165) is 32.1 Å². The Morgan fingerprint density at radius 3 is 2.08 bits per heavy atom. The summed E-state index contributed by atoms with van der Waals surface area (Å²) in [6.45, 7) is 14.0. The molecule has 3 fully saturated rings. The summed E-state index contributed by atoms with van der Waals surface area (Å²) in [7, 11) is -3.59. The quantitative estimate of drug-likeness (QED) is 0.119. The lowest BCUT2D eigenvalue weighted by molar-refractivity contribution is -0.144. The maximum atomic E-state index is 14.4. The number of nitrogens with one attached hydrogen (secondary N) is 4. The summed E-state index contributed by atoms with van der Waals surface area (Å²) < 4.78 is 25.6. The average molecular weight is 749 g/mol. The number of carbonyl (C=O) groups is 5. The van der Waals surface area contributed by atoms with E-state index in [0.29, 0.717) is 19.3 Å². The van der Waals surface area contributed by atoms with E-state index in [1.54, 1.807) is 41.5 Å². The Bertz CT molecular complexity index is 1370. The van der Waals surface area contributed by atoms with Crippen LogP contribution in [-0.2, 0) is 29.0 Å². The molecule has 0 spiro atoms. The third-order valence-corrected chi connectivity index (χ3v) is 13.3. The molecule has 278 valence electrons. The molecule has 15 heteroatoms. The average Bonchev–Trinajstić information content (AvgIpc) is 3.69. The molecule has 4 N–H and O–H groups in total. The van der Waals surface area contributed by atoms with Crippen LogP contribution < -0.4 is 21.3 Å². The number of carbonyl (C=O) groups excluding carboxylic acids is 5. The first kappa shape index (κ1) is 41.0. The van der Waals surface area contributed by atoms with Gasteiger partial charge in [0.05, 0.1) is 22.1 Å². The molecule has 1 aliphatic heterocycles. The van der Waals surface area contributed by atoms with Crippen LogP contribution >= 0.6 is 23.2 Å². The van der Waals surface area contributed by atoms with Gasteiger partial charge in [-0.2, -0.15) is 0 Å². The maximum Gasteiger partial charge on any atom is 0.315 e. The van der Waals surface area contributed by atoms with Crippen molar-refractivity contribution in [3.63, 3.8) is 0 Å². The molecule has 2 saturated carbocycles. The molecule has 1 heterocycles. The minimum Gasteiger partial charge on any atom is -0.346 e. The van der Waals surface area contributed by atoms with Crippen molar-refractivity contribution in [2.24, 2.45) is 17.3 Å². The third kappa shape index (κ3) is 10.8. The number of alkyl halides is 2. The number of hydrogen-bond donors (Lipinski definition) is 4. The highest BCUT2D eigenvalue weighted by molar-refractivity contribution is 7.92. The summed E-state index contributed by atoms with van der Waals surface area (Å²) in [6, 6.07) is -4.08. The highest BCUT2D eigenvalue weighted by Crippen LogP contribution is 2.37. The molecule has 2 aliphatic carbocycles. The first-order chi connectivity index (χ1) is 22.6. The second-order valence-corrected chi connectivity index (χ2v) is 19.9. The van der Waals surface area contributed by atoms with E-state index in [9.17, 15) is 32.4 Å². The van der Waals surface area contributed by atoms with Crippen molar-refractivity contribution in [1.82, 2.24) is 26.2 Å². The number of Topliss-reactive ketones (excluding diaryl/α,β-unsaturated/α-hetero) is 1. The van der Waals surface area contributed by atoms with Crippen LogP contribution in [0, 0.1) is 17.3 Å². The van der Waals surface area contributed by atoms with Gasteiger partial charge in [-0.05, 0) is 57.8 Å². The van der Waals surface area contributed by atoms with Gasteiger partial charge in [0.25, 0.3) is 5.91 Å². The zero-order chi connectivity index (χ0) is 36.9. The fourth-order valence-electron chi connectivity index (χ4n) is 6.59. The molecule has 1 saturated heterocycles. The summed E-state index contributed by atoms with van der Waals surface area (Å²) in [5.41, 5.74) is -1.83. The predicted molar refractivity (Wildman–Crippen MR) is 191 cm³/mol. The number of rotatable bonds is 14. The van der Waals surface area contributed by atoms with Gasteiger partial charge in [0.2, 0.25) is 17.6 Å². The van der Waals surface area contributed by atoms with E-state index in [-0.39, 0.29) is 31.2 Å². The first-order valence-electron chi connectivity index (χ1n) is 17.3. The Morgan fingerprint density at radius 2 is 1.57 bits per heavy atom. The number of urea groups is 1. The highest BCUT2D eigenvalue weighted by atomic mass is 35.5. The minimum absolute atomic E-state index is 0.0874. The lowest BCUT2D eigenvalue weighted by Gasteiger charge is -2.41. The Morgan fingerprint density at radius 1 is 0.959 bits per heavy atom. The van der Waals surface area contributed by atoms with Gasteiger partial charge in [-0.3, -0.25) is 19.2 Å². The van der Waals surface area contributed by atoms with Crippen LogP contribution in [0.5, 0.6) is 0 Å². The molecule has 49 heavy (non-hydrogen) atoms. The SMILES string of the molecule is C=CCNC(=O)C(=O)C(CC1CC1)NC(=O)[C@@H]1[C@@H](C(Cl)Cl)CCN1C(=O)[C@@H](NC(=O)NC1(CS(=O)(=O)C(C)(C)C)CCCCC1)C(C)(C)C. The second kappa shape index (κ2) is 16.3. The van der Waals surface area contributed by atoms with Crippen LogP contribution in [0.2, 0.25) is 0 Å². The molecule has 3 aliphatic rings. The Labute approximate surface area is 301 Å². The molecular weight excluding hydrogens is 693 g/mol. The Kier molecular flexibility index (Phi) is 13.7. The van der Waals surface area contributed by atoms with Crippen molar-refractivity contribution >= 4 is 62.6 Å². The normalized spacial score (nSPS) is 22.5. The van der Waals surface area contributed by atoms with Crippen molar-refractivity contribution in [3.05, 3.63) is 12.7 Å². The van der Waals surface area contributed by atoms with E-state index in [1.807, 2.05) is 0 Å². The molecule has 5 amide bonds. The van der Waals surface area contributed by atoms with E-state index in [1.165, 1.54) is 11.0 Å². The van der Waals surface area contributed by atoms with Gasteiger partial charge < -0.3 is 26.2 Å². The fourth-order valence-corrected chi connectivity index (χ4v) is 8.63. The monoisotopic (exact) mass is 747 g/mol. The standard InChI is InChI=1S/C34H55Cl2N5O7S/c1-8-17-37-29(44)25(42)23(19-21-12-13-21)38-28(43)24-22(27(35)36)14-18-41(24)30(45)26(32(2,3)4)39-31(46)40-34(15-10-9-11-16-34)20-49(47,48)33(5,6)7/h8,21-24,26-27H,1,9-20H2,2-7H3,(H,37,44)(H,38,43)(H2,39,40,46)/t22-,23?,24-,26+/m0/s1. The molecule has 3 rings (SSSR count). The van der Waals surface area contributed by atoms with Gasteiger partial charge in [0.1, 0.15) is 16.9 Å². The van der Waals surface area contributed by atoms with Crippen LogP contribution in [0.25, 0.3) is 0 Å². The zero-order valence-electron chi connectivity index (χ0n) is 29.7. The van der Waals surface area contributed by atoms with E-state index in [4.69, 9.17) is 23.2 Å². The molecule has 0 aromatic carbocycles. The van der Waals surface area contributed by atoms with Crippen molar-refractivity contribution in [2.45, 2.75) is 133 Å². The summed E-state index contributed by atoms with van der Waals surface area (Å²) >= 11 is 12.7. The van der Waals surface area contributed by atoms with E-state index in [2.05, 4.69) is 27.8 Å². The maximum absolute atomic E-state index is 14.4. The molecule has 12 nitrogen and oxygen atoms in total. The molecule has 0 aromatic rings. The van der Waals surface area contributed by atoms with Crippen LogP contribution in [-0.4, -0.2) is 94.9 Å². The largest absolute Gasteiger partial charge is 0.346 e. The van der Waals surface area contributed by atoms with Crippen molar-refractivity contribution < 1.29 is 32.4 Å². The number of likely N-dealkylation sites (tertiary alicyclic amines) is 1. The Hall–Kier alpha value is -2.38. The van der Waals surface area contributed by atoms with Gasteiger partial charge in [-0.1, -0.05) is 59.0 Å². The van der Waals surface area contributed by atoms with Crippen LogP contribution in [0.15, 0.2) is 12.7 Å². The summed E-state index contributed by atoms with van der Waals surface area (Å²) in [5.74, 6) is -3.56. The topological polar surface area (TPSA) is 171 Å². The van der Waals surface area contributed by atoms with Gasteiger partial charge in [-0.15, -0.1) is 29.8 Å². The van der Waals surface area contributed by atoms with Crippen LogP contribution in [0.4, 0.5) is 4.79 Å². The van der Waals surface area contributed by atoms with Gasteiger partial charge in [-0.25, -0.2) is 13.2 Å². The lowest BCUT2D eigenvalue weighted by Crippen LogP contribution is -2.64. The molecular formula is C34H55Cl2N5O7S. The molecule has 0 aromatic heterocycles. The summed E-state index contributed by atoms with van der Waals surface area (Å²) in [5, 5.41) is 11.0. The van der Waals surface area contributed by atoms with Gasteiger partial charge in [0, 0.05) is 19.0 Å². The number of amides is 5. The molecule has 1 unspecified atom stereocenters. The molecule has 4 atom stereocenters. The minimum atomic E-state index is -3.59. The summed E-state index contributed by atoms with van der Waals surface area (Å²) in [6.07, 6.45) is 7.17. The van der Waals surface area contributed by atoms with E-state index < -0.39 is 84.0 Å². The zero-order valence-corrected chi connectivity index (χ0v) is 32.0. The second-order valence-electron chi connectivity index (χ2n) is 16.0. The Balaban J connectivity index is 1.86. The number of hydrogen-bond acceptors (Lipinski definition) is 7. The van der Waals surface area contributed by atoms with Crippen LogP contribution in [0.1, 0.15) is 99.3 Å². The van der Waals surface area contributed by atoms with Crippen molar-refractivity contribution in [1.29, 1.82) is 0 Å². The van der Waals surface area contributed by atoms with Crippen LogP contribution in [0.3, 0.4) is 0 Å². The third-order valence-electron chi connectivity index (χ3n) is 9.83. The van der Waals surface area contributed by atoms with Gasteiger partial charge in [0.15, 0.2) is 9.84 Å². The van der Waals surface area contributed by atoms with Crippen molar-refractivity contribution in [2.75, 3.05) is 18.8 Å². The molecule has 0 radical (unpaired) electrons. The van der Waals surface area contributed by atoms with Gasteiger partial charge >= 0.3 is 6.03 Å². The number of halogens is 2. The number of nitrogens with zero attached hydrogens (tertiary/aromatic N) is 1. The smallest absolute Gasteiger partial charge is 0.315 e. The fraction of sp³-hybridized carbons (Fsp3) is 0.794. The van der Waals surface area contributed by atoms with E-state index >= 15 is 0 Å².